The van der Waals surface area contributed by atoms with Gasteiger partial charge in [-0.2, -0.15) is 31.6 Å². The summed E-state index contributed by atoms with van der Waals surface area (Å²) in [5.74, 6) is -15.6. The molecule has 53 heavy (non-hydrogen) atoms. The van der Waals surface area contributed by atoms with Gasteiger partial charge in [0, 0.05) is 41.8 Å². The van der Waals surface area contributed by atoms with Crippen molar-refractivity contribution in [2.75, 3.05) is 14.2 Å². The molecule has 0 amide bonds. The summed E-state index contributed by atoms with van der Waals surface area (Å²) in [6, 6.07) is 29.2. The van der Waals surface area contributed by atoms with Crippen molar-refractivity contribution in [1.82, 2.24) is 0 Å². The van der Waals surface area contributed by atoms with Crippen molar-refractivity contribution < 1.29 is 35.8 Å². The maximum Gasteiger partial charge on any atom is 0.380 e. The Kier molecular flexibility index (Phi) is 8.93. The van der Waals surface area contributed by atoms with Crippen LogP contribution in [0.15, 0.2) is 109 Å². The van der Waals surface area contributed by atoms with E-state index >= 15 is 26.3 Å². The predicted octanol–water partition coefficient (Wildman–Crippen LogP) is 12.7. The van der Waals surface area contributed by atoms with Gasteiger partial charge in [-0.1, -0.05) is 36.4 Å². The lowest BCUT2D eigenvalue weighted by molar-refractivity contribution is -0.254. The lowest BCUT2D eigenvalue weighted by Crippen LogP contribution is -2.48. The Labute approximate surface area is 308 Å². The lowest BCUT2D eigenvalue weighted by atomic mass is 9.92. The van der Waals surface area contributed by atoms with Gasteiger partial charge < -0.3 is 9.47 Å². The summed E-state index contributed by atoms with van der Waals surface area (Å²) in [7, 11) is 2.87. The van der Waals surface area contributed by atoms with Gasteiger partial charge in [-0.15, -0.1) is 22.7 Å². The van der Waals surface area contributed by atoms with Crippen molar-refractivity contribution in [1.29, 1.82) is 5.26 Å². The standard InChI is InChI=1S/C41H24F6N2O2S2/c1-49-28-14-8-25(9-15-28)34-21-32(38(53-34)27-12-18-30(51-3)19-13-27)36-35(39(42,43)41(46,47)40(36,44)45)31-20-33(24-6-4-23(22-48)5-7-24)52-37(31)26-10-16-29(50-2)17-11-26/h4-21H,2-3H3. The highest BCUT2D eigenvalue weighted by atomic mass is 32.1. The molecule has 0 spiro atoms. The molecule has 0 saturated carbocycles. The van der Waals surface area contributed by atoms with Crippen LogP contribution in [0, 0.1) is 17.9 Å². The number of methoxy groups -OCH3 is 2. The minimum absolute atomic E-state index is 0.0591. The Morgan fingerprint density at radius 2 is 0.962 bits per heavy atom. The number of ether oxygens (including phenoxy) is 2. The van der Waals surface area contributed by atoms with Crippen molar-refractivity contribution >= 4 is 39.5 Å². The molecular weight excluding hydrogens is 731 g/mol. The van der Waals surface area contributed by atoms with Gasteiger partial charge in [-0.3, -0.25) is 0 Å². The SMILES string of the molecule is [C-]#[N+]c1ccc(-c2cc(C3=C(c4cc(-c5ccc(C#N)cc5)sc4-c4ccc(OC)cc4)C(F)(F)C(F)(F)C3(F)F)c(-c3ccc(OC)cc3)s2)cc1. The monoisotopic (exact) mass is 754 g/mol. The van der Waals surface area contributed by atoms with Gasteiger partial charge >= 0.3 is 17.8 Å². The van der Waals surface area contributed by atoms with Gasteiger partial charge in [-0.25, -0.2) is 4.85 Å². The zero-order valence-electron chi connectivity index (χ0n) is 27.7. The Morgan fingerprint density at radius 3 is 1.32 bits per heavy atom. The molecule has 0 N–H and O–H groups in total. The van der Waals surface area contributed by atoms with E-state index in [0.29, 0.717) is 54.8 Å². The first-order chi connectivity index (χ1) is 25.3. The van der Waals surface area contributed by atoms with Crippen LogP contribution in [0.25, 0.3) is 57.8 Å². The van der Waals surface area contributed by atoms with E-state index in [2.05, 4.69) is 4.85 Å². The summed E-state index contributed by atoms with van der Waals surface area (Å²) >= 11 is 1.95. The average Bonchev–Trinajstić information content (AvgIpc) is 3.84. The van der Waals surface area contributed by atoms with E-state index in [4.69, 9.17) is 16.0 Å². The third-order valence-electron chi connectivity index (χ3n) is 8.95. The van der Waals surface area contributed by atoms with Crippen molar-refractivity contribution in [3.63, 3.8) is 0 Å². The average molecular weight is 755 g/mol. The molecule has 7 rings (SSSR count). The number of hydrogen-bond donors (Lipinski definition) is 0. The molecule has 0 radical (unpaired) electrons. The summed E-state index contributed by atoms with van der Waals surface area (Å²) < 4.78 is 108. The van der Waals surface area contributed by atoms with Gasteiger partial charge in [0.1, 0.15) is 11.5 Å². The van der Waals surface area contributed by atoms with Crippen LogP contribution in [-0.4, -0.2) is 32.0 Å². The van der Waals surface area contributed by atoms with Crippen LogP contribution in [0.2, 0.25) is 0 Å². The number of halogens is 6. The number of nitriles is 1. The summed E-state index contributed by atoms with van der Waals surface area (Å²) in [6.07, 6.45) is 0. The van der Waals surface area contributed by atoms with Crippen LogP contribution in [0.4, 0.5) is 32.0 Å². The van der Waals surface area contributed by atoms with E-state index < -0.39 is 40.0 Å². The zero-order valence-corrected chi connectivity index (χ0v) is 29.3. The maximum atomic E-state index is 16.5. The topological polar surface area (TPSA) is 46.6 Å². The Morgan fingerprint density at radius 1 is 0.585 bits per heavy atom. The van der Waals surface area contributed by atoms with Gasteiger partial charge in [0.05, 0.1) is 32.4 Å². The molecule has 0 unspecified atom stereocenters. The Hall–Kier alpha value is -5.82. The van der Waals surface area contributed by atoms with Crippen LogP contribution in [0.3, 0.4) is 0 Å². The molecule has 0 atom stereocenters. The highest BCUT2D eigenvalue weighted by Gasteiger charge is 2.80. The van der Waals surface area contributed by atoms with Crippen molar-refractivity contribution in [2.24, 2.45) is 0 Å². The number of benzene rings is 4. The number of allylic oxidation sites excluding steroid dienone is 2. The Balaban J connectivity index is 1.56. The maximum absolute atomic E-state index is 16.5. The molecular formula is C41H24F6N2O2S2. The van der Waals surface area contributed by atoms with Crippen LogP contribution in [0.5, 0.6) is 11.5 Å². The highest BCUT2D eigenvalue weighted by Crippen LogP contribution is 2.67. The first kappa shape index (κ1) is 35.6. The van der Waals surface area contributed by atoms with Gasteiger partial charge in [0.25, 0.3) is 0 Å². The van der Waals surface area contributed by atoms with E-state index in [-0.39, 0.29) is 9.75 Å². The van der Waals surface area contributed by atoms with Crippen LogP contribution < -0.4 is 9.47 Å². The quantitative estimate of drug-likeness (QED) is 0.115. The molecule has 0 fully saturated rings. The predicted molar refractivity (Wildman–Crippen MR) is 196 cm³/mol. The van der Waals surface area contributed by atoms with Crippen LogP contribution in [-0.2, 0) is 0 Å². The van der Waals surface area contributed by atoms with E-state index in [1.807, 2.05) is 6.07 Å². The fourth-order valence-electron chi connectivity index (χ4n) is 6.19. The molecule has 6 aromatic rings. The second-order valence-electron chi connectivity index (χ2n) is 12.0. The summed E-state index contributed by atoms with van der Waals surface area (Å²) in [5.41, 5.74) is -1.72. The fraction of sp³-hybridized carbons (Fsp3) is 0.122. The first-order valence-corrected chi connectivity index (χ1v) is 17.4. The van der Waals surface area contributed by atoms with Crippen LogP contribution >= 0.6 is 22.7 Å². The normalized spacial score (nSPS) is 15.5. The third kappa shape index (κ3) is 5.85. The van der Waals surface area contributed by atoms with E-state index in [0.717, 1.165) is 22.7 Å². The van der Waals surface area contributed by atoms with Gasteiger partial charge in [-0.05, 0) is 95.1 Å². The fourth-order valence-corrected chi connectivity index (χ4v) is 8.54. The molecule has 0 saturated heterocycles. The summed E-state index contributed by atoms with van der Waals surface area (Å²) in [4.78, 5) is 4.16. The van der Waals surface area contributed by atoms with Crippen molar-refractivity contribution in [2.45, 2.75) is 17.8 Å². The molecule has 264 valence electrons. The van der Waals surface area contributed by atoms with Gasteiger partial charge in [0.2, 0.25) is 0 Å². The minimum Gasteiger partial charge on any atom is -0.497 e. The molecule has 4 aromatic carbocycles. The largest absolute Gasteiger partial charge is 0.497 e. The smallest absolute Gasteiger partial charge is 0.380 e. The minimum atomic E-state index is -5.81. The van der Waals surface area contributed by atoms with Crippen molar-refractivity contribution in [3.05, 3.63) is 137 Å². The summed E-state index contributed by atoms with van der Waals surface area (Å²) in [6.45, 7) is 7.28. The zero-order chi connectivity index (χ0) is 37.7. The second-order valence-corrected chi connectivity index (χ2v) is 14.1. The van der Waals surface area contributed by atoms with Crippen LogP contribution in [0.1, 0.15) is 16.7 Å². The number of thiophene rings is 2. The van der Waals surface area contributed by atoms with Crippen molar-refractivity contribution in [3.8, 4) is 59.3 Å². The van der Waals surface area contributed by atoms with Gasteiger partial charge in [0.15, 0.2) is 5.69 Å². The van der Waals surface area contributed by atoms with E-state index in [1.54, 1.807) is 72.8 Å². The summed E-state index contributed by atoms with van der Waals surface area (Å²) in [5, 5.41) is 9.30. The number of nitrogens with zero attached hydrogens (tertiary/aromatic N) is 2. The number of rotatable bonds is 8. The molecule has 1 aliphatic carbocycles. The molecule has 1 aliphatic rings. The van der Waals surface area contributed by atoms with E-state index in [1.165, 1.54) is 50.6 Å². The molecule has 2 aromatic heterocycles. The first-order valence-electron chi connectivity index (χ1n) is 15.8. The molecule has 4 nitrogen and oxygen atoms in total. The number of hydrogen-bond acceptors (Lipinski definition) is 5. The highest BCUT2D eigenvalue weighted by molar-refractivity contribution is 7.19. The van der Waals surface area contributed by atoms with E-state index in [9.17, 15) is 5.26 Å². The molecule has 2 heterocycles. The lowest BCUT2D eigenvalue weighted by Gasteiger charge is -2.26. The molecule has 0 bridgehead atoms. The number of alkyl halides is 6. The Bertz CT molecular complexity index is 2280. The third-order valence-corrected chi connectivity index (χ3v) is 11.4. The second kappa shape index (κ2) is 13.3. The molecule has 0 aliphatic heterocycles. The molecule has 12 heteroatoms.